The van der Waals surface area contributed by atoms with E-state index in [9.17, 15) is 27.9 Å². The molecule has 1 aromatic rings. The van der Waals surface area contributed by atoms with Crippen molar-refractivity contribution in [3.8, 4) is 0 Å². The Labute approximate surface area is 128 Å². The summed E-state index contributed by atoms with van der Waals surface area (Å²) in [5, 5.41) is 11.4. The van der Waals surface area contributed by atoms with E-state index >= 15 is 0 Å². The van der Waals surface area contributed by atoms with Crippen LogP contribution in [0, 0.1) is 11.8 Å². The van der Waals surface area contributed by atoms with Gasteiger partial charge in [-0.25, -0.2) is 0 Å². The van der Waals surface area contributed by atoms with Gasteiger partial charge in [-0.2, -0.15) is 13.2 Å². The van der Waals surface area contributed by atoms with Crippen molar-refractivity contribution in [2.75, 3.05) is 5.32 Å². The molecule has 2 heterocycles. The highest BCUT2D eigenvalue weighted by Gasteiger charge is 2.53. The number of fused-ring (bicyclic) bond motifs is 2. The van der Waals surface area contributed by atoms with Gasteiger partial charge in [0, 0.05) is 0 Å². The molecule has 2 bridgehead atoms. The van der Waals surface area contributed by atoms with Crippen LogP contribution in [0.1, 0.15) is 5.56 Å². The zero-order valence-electron chi connectivity index (χ0n) is 11.6. The molecule has 1 saturated heterocycles. The van der Waals surface area contributed by atoms with E-state index in [0.717, 1.165) is 12.1 Å². The standard InChI is InChI=1S/C15H12F3NO4/c16-15(17,18)7-3-1-2-4-8(7)19-13(20)11-9-5-6-10(23-9)12(11)14(21)22/h1-6,9-12H,(H,19,20)(H,21,22)/t9-,10-,11-,12-/m1/s1. The van der Waals surface area contributed by atoms with Crippen molar-refractivity contribution < 1.29 is 32.6 Å². The van der Waals surface area contributed by atoms with E-state index in [1.807, 2.05) is 0 Å². The number of aliphatic carboxylic acids is 1. The third kappa shape index (κ3) is 2.70. The molecular formula is C15H12F3NO4. The van der Waals surface area contributed by atoms with Crippen LogP contribution in [0.25, 0.3) is 0 Å². The molecule has 8 heteroatoms. The Kier molecular flexibility index (Phi) is 3.63. The number of anilines is 1. The number of ether oxygens (including phenoxy) is 1. The van der Waals surface area contributed by atoms with Crippen molar-refractivity contribution in [3.63, 3.8) is 0 Å². The number of carboxylic acids is 1. The zero-order chi connectivity index (χ0) is 16.8. The lowest BCUT2D eigenvalue weighted by molar-refractivity contribution is -0.146. The van der Waals surface area contributed by atoms with Crippen molar-refractivity contribution in [3.05, 3.63) is 42.0 Å². The maximum Gasteiger partial charge on any atom is 0.418 e. The fourth-order valence-electron chi connectivity index (χ4n) is 2.97. The van der Waals surface area contributed by atoms with Crippen molar-refractivity contribution in [2.45, 2.75) is 18.4 Å². The van der Waals surface area contributed by atoms with Crippen LogP contribution in [0.3, 0.4) is 0 Å². The highest BCUT2D eigenvalue weighted by Crippen LogP contribution is 2.41. The predicted molar refractivity (Wildman–Crippen MR) is 72.5 cm³/mol. The molecule has 2 N–H and O–H groups in total. The third-order valence-corrected chi connectivity index (χ3v) is 3.98. The summed E-state index contributed by atoms with van der Waals surface area (Å²) in [5.74, 6) is -4.19. The summed E-state index contributed by atoms with van der Waals surface area (Å²) < 4.78 is 44.2. The lowest BCUT2D eigenvalue weighted by atomic mass is 9.82. The van der Waals surface area contributed by atoms with Crippen LogP contribution in [0.2, 0.25) is 0 Å². The van der Waals surface area contributed by atoms with Gasteiger partial charge in [-0.3, -0.25) is 9.59 Å². The maximum absolute atomic E-state index is 12.9. The van der Waals surface area contributed by atoms with Gasteiger partial charge in [0.2, 0.25) is 5.91 Å². The molecule has 0 saturated carbocycles. The summed E-state index contributed by atoms with van der Waals surface area (Å²) in [6, 6.07) is 4.54. The fraction of sp³-hybridized carbons (Fsp3) is 0.333. The average molecular weight is 327 g/mol. The van der Waals surface area contributed by atoms with Gasteiger partial charge in [0.05, 0.1) is 29.4 Å². The molecular weight excluding hydrogens is 315 g/mol. The van der Waals surface area contributed by atoms with E-state index < -0.39 is 53.3 Å². The van der Waals surface area contributed by atoms with E-state index in [-0.39, 0.29) is 0 Å². The Bertz CT molecular complexity index is 686. The van der Waals surface area contributed by atoms with E-state index in [1.165, 1.54) is 12.1 Å². The smallest absolute Gasteiger partial charge is 0.418 e. The largest absolute Gasteiger partial charge is 0.481 e. The second kappa shape index (κ2) is 5.38. The van der Waals surface area contributed by atoms with Crippen molar-refractivity contribution in [2.24, 2.45) is 11.8 Å². The maximum atomic E-state index is 12.9. The molecule has 0 aromatic heterocycles. The lowest BCUT2D eigenvalue weighted by Crippen LogP contribution is -2.39. The molecule has 2 aliphatic heterocycles. The molecule has 1 fully saturated rings. The van der Waals surface area contributed by atoms with Gasteiger partial charge >= 0.3 is 12.1 Å². The van der Waals surface area contributed by atoms with Crippen molar-refractivity contribution in [1.29, 1.82) is 0 Å². The summed E-state index contributed by atoms with van der Waals surface area (Å²) in [5.41, 5.74) is -1.39. The highest BCUT2D eigenvalue weighted by molar-refractivity contribution is 5.97. The molecule has 1 aromatic carbocycles. The average Bonchev–Trinajstić information content (AvgIpc) is 3.07. The molecule has 2 aliphatic rings. The van der Waals surface area contributed by atoms with Gasteiger partial charge in [-0.05, 0) is 12.1 Å². The number of rotatable bonds is 3. The van der Waals surface area contributed by atoms with Gasteiger partial charge in [0.25, 0.3) is 0 Å². The topological polar surface area (TPSA) is 75.6 Å². The van der Waals surface area contributed by atoms with Crippen molar-refractivity contribution in [1.82, 2.24) is 0 Å². The molecule has 0 spiro atoms. The summed E-state index contributed by atoms with van der Waals surface area (Å²) in [4.78, 5) is 23.7. The second-order valence-corrected chi connectivity index (χ2v) is 5.37. The Balaban J connectivity index is 1.86. The molecule has 1 amide bonds. The SMILES string of the molecule is O=C(O)[C@H]1[C@H](C(=O)Nc2ccccc2C(F)(F)F)[C@H]2C=C[C@H]1O2. The second-order valence-electron chi connectivity index (χ2n) is 5.37. The number of carboxylic acid groups (broad SMARTS) is 1. The molecule has 122 valence electrons. The van der Waals surface area contributed by atoms with E-state index in [4.69, 9.17) is 4.74 Å². The van der Waals surface area contributed by atoms with Crippen LogP contribution < -0.4 is 5.32 Å². The van der Waals surface area contributed by atoms with Crippen LogP contribution in [0.5, 0.6) is 0 Å². The number of para-hydroxylation sites is 1. The summed E-state index contributed by atoms with van der Waals surface area (Å²) in [6.07, 6.45) is -2.98. The molecule has 0 radical (unpaired) electrons. The molecule has 23 heavy (non-hydrogen) atoms. The number of hydrogen-bond donors (Lipinski definition) is 2. The van der Waals surface area contributed by atoms with E-state index in [2.05, 4.69) is 5.32 Å². The number of carbonyl (C=O) groups is 2. The molecule has 0 unspecified atom stereocenters. The van der Waals surface area contributed by atoms with Crippen LogP contribution >= 0.6 is 0 Å². The number of hydrogen-bond acceptors (Lipinski definition) is 3. The van der Waals surface area contributed by atoms with Crippen LogP contribution in [-0.4, -0.2) is 29.2 Å². The third-order valence-electron chi connectivity index (χ3n) is 3.98. The minimum atomic E-state index is -4.62. The van der Waals surface area contributed by atoms with E-state index in [0.29, 0.717) is 0 Å². The van der Waals surface area contributed by atoms with Crippen LogP contribution in [0.15, 0.2) is 36.4 Å². The van der Waals surface area contributed by atoms with Gasteiger partial charge < -0.3 is 15.2 Å². The van der Waals surface area contributed by atoms with Gasteiger partial charge in [-0.15, -0.1) is 0 Å². The minimum Gasteiger partial charge on any atom is -0.481 e. The number of halogens is 3. The normalized spacial score (nSPS) is 28.8. The molecule has 4 atom stereocenters. The Morgan fingerprint density at radius 3 is 2.30 bits per heavy atom. The first-order chi connectivity index (χ1) is 10.8. The first kappa shape index (κ1) is 15.5. The lowest BCUT2D eigenvalue weighted by Gasteiger charge is -2.22. The van der Waals surface area contributed by atoms with Gasteiger partial charge in [0.1, 0.15) is 5.92 Å². The Morgan fingerprint density at radius 1 is 1.09 bits per heavy atom. The zero-order valence-corrected chi connectivity index (χ0v) is 11.6. The minimum absolute atomic E-state index is 0.402. The van der Waals surface area contributed by atoms with Crippen LogP contribution in [-0.2, 0) is 20.5 Å². The Morgan fingerprint density at radius 2 is 1.70 bits per heavy atom. The Hall–Kier alpha value is -2.35. The van der Waals surface area contributed by atoms with Gasteiger partial charge in [0.15, 0.2) is 0 Å². The number of amides is 1. The first-order valence-corrected chi connectivity index (χ1v) is 6.82. The molecule has 5 nitrogen and oxygen atoms in total. The predicted octanol–water partition coefficient (Wildman–Crippen LogP) is 2.30. The number of carbonyl (C=O) groups excluding carboxylic acids is 1. The first-order valence-electron chi connectivity index (χ1n) is 6.82. The quantitative estimate of drug-likeness (QED) is 0.835. The summed E-state index contributed by atoms with van der Waals surface area (Å²) >= 11 is 0. The van der Waals surface area contributed by atoms with Crippen molar-refractivity contribution >= 4 is 17.6 Å². The molecule has 3 rings (SSSR count). The highest BCUT2D eigenvalue weighted by atomic mass is 19.4. The fourth-order valence-corrected chi connectivity index (χ4v) is 2.97. The van der Waals surface area contributed by atoms with Crippen LogP contribution in [0.4, 0.5) is 18.9 Å². The number of benzene rings is 1. The molecule has 0 aliphatic carbocycles. The van der Waals surface area contributed by atoms with Gasteiger partial charge in [-0.1, -0.05) is 24.3 Å². The van der Waals surface area contributed by atoms with E-state index in [1.54, 1.807) is 12.2 Å². The number of alkyl halides is 3. The summed E-state index contributed by atoms with van der Waals surface area (Å²) in [6.45, 7) is 0. The monoisotopic (exact) mass is 327 g/mol. The number of nitrogens with one attached hydrogen (secondary N) is 1. The summed E-state index contributed by atoms with van der Waals surface area (Å²) in [7, 11) is 0.